The van der Waals surface area contributed by atoms with Gasteiger partial charge in [0, 0.05) is 5.02 Å². The Bertz CT molecular complexity index is 882. The molecule has 0 saturated heterocycles. The Morgan fingerprint density at radius 2 is 1.86 bits per heavy atom. The maximum atomic E-state index is 12.4. The predicted octanol–water partition coefficient (Wildman–Crippen LogP) is 3.24. The fourth-order valence-corrected chi connectivity index (χ4v) is 2.17. The zero-order valence-corrected chi connectivity index (χ0v) is 12.1. The third kappa shape index (κ3) is 2.71. The molecule has 0 aliphatic heterocycles. The summed E-state index contributed by atoms with van der Waals surface area (Å²) < 4.78 is 1.30. The maximum Gasteiger partial charge on any atom is 0.282 e. The van der Waals surface area contributed by atoms with Crippen LogP contribution in [0.5, 0.6) is 0 Å². The number of halogens is 1. The van der Waals surface area contributed by atoms with Crippen LogP contribution in [0, 0.1) is 6.92 Å². The second-order valence-electron chi connectivity index (χ2n) is 4.59. The molecule has 104 valence electrons. The Morgan fingerprint density at radius 3 is 2.62 bits per heavy atom. The minimum atomic E-state index is -0.177. The van der Waals surface area contributed by atoms with Crippen molar-refractivity contribution in [2.45, 2.75) is 6.92 Å². The highest BCUT2D eigenvalue weighted by Crippen LogP contribution is 2.09. The van der Waals surface area contributed by atoms with Crippen LogP contribution in [0.4, 0.5) is 0 Å². The highest BCUT2D eigenvalue weighted by atomic mass is 35.5. The fourth-order valence-electron chi connectivity index (χ4n) is 2.04. The molecule has 0 aliphatic carbocycles. The van der Waals surface area contributed by atoms with Gasteiger partial charge < -0.3 is 0 Å². The number of nitrogens with zero attached hydrogens (tertiary/aromatic N) is 3. The molecule has 1 aromatic heterocycles. The summed E-state index contributed by atoms with van der Waals surface area (Å²) in [5.74, 6) is 0.545. The molecular weight excluding hydrogens is 286 g/mol. The SMILES string of the molecule is Cc1nc2ccccc2c(=O)n1/N=C/c1ccc(Cl)cc1. The second kappa shape index (κ2) is 5.50. The van der Waals surface area contributed by atoms with E-state index in [4.69, 9.17) is 11.6 Å². The van der Waals surface area contributed by atoms with Gasteiger partial charge in [0.25, 0.3) is 5.56 Å². The summed E-state index contributed by atoms with van der Waals surface area (Å²) in [7, 11) is 0. The molecule has 4 nitrogen and oxygen atoms in total. The first kappa shape index (κ1) is 13.5. The number of fused-ring (bicyclic) bond motifs is 1. The van der Waals surface area contributed by atoms with E-state index in [0.717, 1.165) is 5.56 Å². The molecule has 0 amide bonds. The quantitative estimate of drug-likeness (QED) is 0.682. The number of para-hydroxylation sites is 1. The van der Waals surface area contributed by atoms with Crippen molar-refractivity contribution < 1.29 is 0 Å². The van der Waals surface area contributed by atoms with Gasteiger partial charge >= 0.3 is 0 Å². The molecule has 0 bridgehead atoms. The van der Waals surface area contributed by atoms with E-state index in [0.29, 0.717) is 21.7 Å². The Balaban J connectivity index is 2.08. The standard InChI is InChI=1S/C16H12ClN3O/c1-11-19-15-5-3-2-4-14(15)16(21)20(11)18-10-12-6-8-13(17)9-7-12/h2-10H,1H3/b18-10+. The number of aryl methyl sites for hydroxylation is 1. The topological polar surface area (TPSA) is 47.2 Å². The predicted molar refractivity (Wildman–Crippen MR) is 85.2 cm³/mol. The van der Waals surface area contributed by atoms with Crippen molar-refractivity contribution in [3.8, 4) is 0 Å². The van der Waals surface area contributed by atoms with E-state index >= 15 is 0 Å². The number of aromatic nitrogens is 2. The summed E-state index contributed by atoms with van der Waals surface area (Å²) in [4.78, 5) is 16.8. The third-order valence-electron chi connectivity index (χ3n) is 3.11. The normalized spacial score (nSPS) is 11.3. The van der Waals surface area contributed by atoms with Gasteiger partial charge in [0.15, 0.2) is 0 Å². The average Bonchev–Trinajstić information content (AvgIpc) is 2.49. The van der Waals surface area contributed by atoms with Crippen LogP contribution in [0.1, 0.15) is 11.4 Å². The van der Waals surface area contributed by atoms with Crippen LogP contribution in [-0.4, -0.2) is 15.9 Å². The van der Waals surface area contributed by atoms with E-state index in [-0.39, 0.29) is 5.56 Å². The van der Waals surface area contributed by atoms with Crippen molar-refractivity contribution in [2.75, 3.05) is 0 Å². The fraction of sp³-hybridized carbons (Fsp3) is 0.0625. The van der Waals surface area contributed by atoms with Crippen LogP contribution < -0.4 is 5.56 Å². The molecule has 3 rings (SSSR count). The van der Waals surface area contributed by atoms with Crippen LogP contribution in [0.3, 0.4) is 0 Å². The van der Waals surface area contributed by atoms with Gasteiger partial charge in [0.05, 0.1) is 17.1 Å². The molecule has 1 heterocycles. The van der Waals surface area contributed by atoms with E-state index in [2.05, 4.69) is 10.1 Å². The Labute approximate surface area is 126 Å². The molecule has 2 aromatic carbocycles. The van der Waals surface area contributed by atoms with E-state index in [1.165, 1.54) is 4.68 Å². The highest BCUT2D eigenvalue weighted by molar-refractivity contribution is 6.30. The van der Waals surface area contributed by atoms with Crippen LogP contribution in [0.25, 0.3) is 10.9 Å². The summed E-state index contributed by atoms with van der Waals surface area (Å²) in [6, 6.07) is 14.5. The number of hydrogen-bond acceptors (Lipinski definition) is 3. The molecule has 0 spiro atoms. The molecule has 0 radical (unpaired) electrons. The van der Waals surface area contributed by atoms with Gasteiger partial charge in [-0.2, -0.15) is 9.78 Å². The van der Waals surface area contributed by atoms with Gasteiger partial charge in [-0.05, 0) is 36.8 Å². The summed E-state index contributed by atoms with van der Waals surface area (Å²) in [6.45, 7) is 1.76. The zero-order valence-electron chi connectivity index (χ0n) is 11.3. The average molecular weight is 298 g/mol. The lowest BCUT2D eigenvalue weighted by molar-refractivity contribution is 0.771. The lowest BCUT2D eigenvalue weighted by Gasteiger charge is -2.05. The minimum Gasteiger partial charge on any atom is -0.267 e. The van der Waals surface area contributed by atoms with E-state index in [1.54, 1.807) is 31.3 Å². The molecule has 0 unspecified atom stereocenters. The van der Waals surface area contributed by atoms with Crippen molar-refractivity contribution in [3.05, 3.63) is 75.3 Å². The number of hydrogen-bond donors (Lipinski definition) is 0. The molecule has 21 heavy (non-hydrogen) atoms. The first-order valence-electron chi connectivity index (χ1n) is 6.43. The number of rotatable bonds is 2. The van der Waals surface area contributed by atoms with Crippen molar-refractivity contribution in [2.24, 2.45) is 5.10 Å². The van der Waals surface area contributed by atoms with Gasteiger partial charge in [0.1, 0.15) is 5.82 Å². The minimum absolute atomic E-state index is 0.177. The van der Waals surface area contributed by atoms with E-state index < -0.39 is 0 Å². The van der Waals surface area contributed by atoms with E-state index in [1.807, 2.05) is 30.3 Å². The van der Waals surface area contributed by atoms with Gasteiger partial charge in [-0.3, -0.25) is 4.79 Å². The smallest absolute Gasteiger partial charge is 0.267 e. The van der Waals surface area contributed by atoms with Gasteiger partial charge in [0.2, 0.25) is 0 Å². The van der Waals surface area contributed by atoms with Gasteiger partial charge in [-0.15, -0.1) is 0 Å². The molecule has 0 N–H and O–H groups in total. The van der Waals surface area contributed by atoms with Gasteiger partial charge in [-0.1, -0.05) is 35.9 Å². The second-order valence-corrected chi connectivity index (χ2v) is 5.03. The van der Waals surface area contributed by atoms with E-state index in [9.17, 15) is 4.79 Å². The first-order chi connectivity index (χ1) is 10.1. The Hall–Kier alpha value is -2.46. The summed E-state index contributed by atoms with van der Waals surface area (Å²) >= 11 is 5.83. The molecule has 0 atom stereocenters. The molecular formula is C16H12ClN3O. The van der Waals surface area contributed by atoms with Crippen molar-refractivity contribution in [3.63, 3.8) is 0 Å². The molecule has 5 heteroatoms. The monoisotopic (exact) mass is 297 g/mol. The van der Waals surface area contributed by atoms with Crippen LogP contribution in [0.15, 0.2) is 58.4 Å². The van der Waals surface area contributed by atoms with Crippen molar-refractivity contribution in [1.82, 2.24) is 9.66 Å². The van der Waals surface area contributed by atoms with Gasteiger partial charge in [-0.25, -0.2) is 4.98 Å². The Kier molecular flexibility index (Phi) is 3.54. The third-order valence-corrected chi connectivity index (χ3v) is 3.36. The molecule has 3 aromatic rings. The summed E-state index contributed by atoms with van der Waals surface area (Å²) in [6.07, 6.45) is 1.61. The lowest BCUT2D eigenvalue weighted by Crippen LogP contribution is -2.20. The highest BCUT2D eigenvalue weighted by Gasteiger charge is 2.05. The summed E-state index contributed by atoms with van der Waals surface area (Å²) in [5, 5.41) is 5.44. The lowest BCUT2D eigenvalue weighted by atomic mass is 10.2. The van der Waals surface area contributed by atoms with Crippen LogP contribution in [0.2, 0.25) is 5.02 Å². The summed E-state index contributed by atoms with van der Waals surface area (Å²) in [5.41, 5.74) is 1.36. The van der Waals surface area contributed by atoms with Crippen LogP contribution >= 0.6 is 11.6 Å². The van der Waals surface area contributed by atoms with Crippen molar-refractivity contribution >= 4 is 28.7 Å². The molecule has 0 aliphatic rings. The molecule has 0 saturated carbocycles. The van der Waals surface area contributed by atoms with Crippen molar-refractivity contribution in [1.29, 1.82) is 0 Å². The van der Waals surface area contributed by atoms with Crippen LogP contribution in [-0.2, 0) is 0 Å². The maximum absolute atomic E-state index is 12.4. The zero-order chi connectivity index (χ0) is 14.8. The number of benzene rings is 2. The Morgan fingerprint density at radius 1 is 1.14 bits per heavy atom. The first-order valence-corrected chi connectivity index (χ1v) is 6.81. The largest absolute Gasteiger partial charge is 0.282 e. The molecule has 0 fully saturated rings.